The van der Waals surface area contributed by atoms with Crippen molar-refractivity contribution in [1.82, 2.24) is 4.98 Å². The van der Waals surface area contributed by atoms with Crippen LogP contribution >= 0.6 is 0 Å². The van der Waals surface area contributed by atoms with Gasteiger partial charge in [-0.3, -0.25) is 0 Å². The molecule has 0 atom stereocenters. The Balaban J connectivity index is 2.44. The van der Waals surface area contributed by atoms with Crippen LogP contribution in [0.25, 0.3) is 0 Å². The Morgan fingerprint density at radius 3 is 2.74 bits per heavy atom. The van der Waals surface area contributed by atoms with Gasteiger partial charge in [0.15, 0.2) is 0 Å². The third-order valence-electron chi connectivity index (χ3n) is 2.41. The van der Waals surface area contributed by atoms with Gasteiger partial charge < -0.3 is 5.11 Å². The Morgan fingerprint density at radius 1 is 1.26 bits per heavy atom. The number of aromatic nitrogens is 1. The summed E-state index contributed by atoms with van der Waals surface area (Å²) in [5.41, 5.74) is 1.36. The molecule has 0 aliphatic heterocycles. The van der Waals surface area contributed by atoms with Crippen LogP contribution in [0.5, 0.6) is 0 Å². The van der Waals surface area contributed by atoms with E-state index in [4.69, 9.17) is 5.11 Å². The molecule has 1 aromatic heterocycles. The molecule has 1 N–H and O–H groups in total. The SMILES string of the molecule is Cc1ccc(C(=O)O)c(C#Cc2cccc(F)c2)n1. The maximum atomic E-state index is 13.0. The van der Waals surface area contributed by atoms with Crippen molar-refractivity contribution < 1.29 is 14.3 Å². The summed E-state index contributed by atoms with van der Waals surface area (Å²) in [5, 5.41) is 9.03. The molecule has 0 saturated heterocycles. The highest BCUT2D eigenvalue weighted by Crippen LogP contribution is 2.07. The molecule has 4 heteroatoms. The number of rotatable bonds is 1. The largest absolute Gasteiger partial charge is 0.478 e. The Morgan fingerprint density at radius 2 is 2.05 bits per heavy atom. The van der Waals surface area contributed by atoms with E-state index >= 15 is 0 Å². The Kier molecular flexibility index (Phi) is 3.58. The Hall–Kier alpha value is -2.67. The van der Waals surface area contributed by atoms with Gasteiger partial charge in [-0.05, 0) is 43.2 Å². The van der Waals surface area contributed by atoms with Gasteiger partial charge in [-0.1, -0.05) is 12.0 Å². The maximum Gasteiger partial charge on any atom is 0.338 e. The zero-order valence-electron chi connectivity index (χ0n) is 10.1. The van der Waals surface area contributed by atoms with Crippen molar-refractivity contribution >= 4 is 5.97 Å². The number of aromatic carboxylic acids is 1. The molecule has 0 radical (unpaired) electrons. The van der Waals surface area contributed by atoms with Gasteiger partial charge in [-0.2, -0.15) is 0 Å². The van der Waals surface area contributed by atoms with Crippen LogP contribution in [0.15, 0.2) is 36.4 Å². The van der Waals surface area contributed by atoms with E-state index in [1.807, 2.05) is 0 Å². The van der Waals surface area contributed by atoms with Crippen LogP contribution in [0.2, 0.25) is 0 Å². The first-order valence-corrected chi connectivity index (χ1v) is 5.55. The first-order valence-electron chi connectivity index (χ1n) is 5.55. The van der Waals surface area contributed by atoms with Crippen LogP contribution in [0.3, 0.4) is 0 Å². The highest BCUT2D eigenvalue weighted by Gasteiger charge is 2.09. The molecule has 0 bridgehead atoms. The first-order chi connectivity index (χ1) is 9.06. The minimum Gasteiger partial charge on any atom is -0.478 e. The van der Waals surface area contributed by atoms with E-state index in [-0.39, 0.29) is 17.1 Å². The van der Waals surface area contributed by atoms with Crippen LogP contribution in [0.4, 0.5) is 4.39 Å². The molecule has 94 valence electrons. The van der Waals surface area contributed by atoms with E-state index in [9.17, 15) is 9.18 Å². The van der Waals surface area contributed by atoms with Crippen molar-refractivity contribution in [2.75, 3.05) is 0 Å². The van der Waals surface area contributed by atoms with E-state index in [0.29, 0.717) is 11.3 Å². The summed E-state index contributed by atoms with van der Waals surface area (Å²) in [6.07, 6.45) is 0. The topological polar surface area (TPSA) is 50.2 Å². The molecule has 0 amide bonds. The summed E-state index contributed by atoms with van der Waals surface area (Å²) in [4.78, 5) is 15.1. The third-order valence-corrected chi connectivity index (χ3v) is 2.41. The quantitative estimate of drug-likeness (QED) is 0.797. The zero-order chi connectivity index (χ0) is 13.8. The molecule has 0 unspecified atom stereocenters. The van der Waals surface area contributed by atoms with Gasteiger partial charge in [-0.15, -0.1) is 0 Å². The molecule has 2 rings (SSSR count). The second-order valence-corrected chi connectivity index (χ2v) is 3.91. The van der Waals surface area contributed by atoms with Gasteiger partial charge in [0.2, 0.25) is 0 Å². The number of carbonyl (C=O) groups is 1. The molecule has 19 heavy (non-hydrogen) atoms. The number of pyridine rings is 1. The van der Waals surface area contributed by atoms with Gasteiger partial charge in [0.05, 0.1) is 5.56 Å². The minimum atomic E-state index is -1.09. The molecule has 1 aromatic carbocycles. The molecule has 0 aliphatic rings. The summed E-state index contributed by atoms with van der Waals surface area (Å²) >= 11 is 0. The molecule has 3 nitrogen and oxygen atoms in total. The number of hydrogen-bond acceptors (Lipinski definition) is 2. The molecule has 0 aliphatic carbocycles. The monoisotopic (exact) mass is 255 g/mol. The lowest BCUT2D eigenvalue weighted by molar-refractivity contribution is 0.0696. The summed E-state index contributed by atoms with van der Waals surface area (Å²) in [6.45, 7) is 1.75. The first kappa shape index (κ1) is 12.8. The lowest BCUT2D eigenvalue weighted by atomic mass is 10.1. The number of halogens is 1. The molecule has 2 aromatic rings. The van der Waals surface area contributed by atoms with E-state index < -0.39 is 5.97 Å². The smallest absolute Gasteiger partial charge is 0.338 e. The van der Waals surface area contributed by atoms with Gasteiger partial charge in [0, 0.05) is 11.3 Å². The number of carboxylic acids is 1. The number of hydrogen-bond donors (Lipinski definition) is 1. The van der Waals surface area contributed by atoms with Gasteiger partial charge in [0.25, 0.3) is 0 Å². The summed E-state index contributed by atoms with van der Waals surface area (Å²) in [5.74, 6) is 3.91. The maximum absolute atomic E-state index is 13.0. The summed E-state index contributed by atoms with van der Waals surface area (Å²) in [7, 11) is 0. The van der Waals surface area contributed by atoms with Crippen molar-refractivity contribution in [3.8, 4) is 11.8 Å². The zero-order valence-corrected chi connectivity index (χ0v) is 10.1. The fourth-order valence-electron chi connectivity index (χ4n) is 1.52. The number of aryl methyl sites for hydroxylation is 1. The standard InChI is InChI=1S/C15H10FNO2/c1-10-5-7-13(15(18)19)14(17-10)8-6-11-3-2-4-12(16)9-11/h2-5,7,9H,1H3,(H,18,19). The molecular weight excluding hydrogens is 245 g/mol. The normalized spacial score (nSPS) is 9.58. The second kappa shape index (κ2) is 5.32. The average Bonchev–Trinajstić information content (AvgIpc) is 2.36. The van der Waals surface area contributed by atoms with Crippen molar-refractivity contribution in [2.45, 2.75) is 6.92 Å². The summed E-state index contributed by atoms with van der Waals surface area (Å²) in [6, 6.07) is 8.85. The van der Waals surface area contributed by atoms with E-state index in [1.165, 1.54) is 18.2 Å². The fourth-order valence-corrected chi connectivity index (χ4v) is 1.52. The van der Waals surface area contributed by atoms with Gasteiger partial charge in [0.1, 0.15) is 11.5 Å². The lowest BCUT2D eigenvalue weighted by Crippen LogP contribution is -2.03. The van der Waals surface area contributed by atoms with Gasteiger partial charge >= 0.3 is 5.97 Å². The van der Waals surface area contributed by atoms with Crippen LogP contribution in [-0.2, 0) is 0 Å². The molecule has 0 fully saturated rings. The van der Waals surface area contributed by atoms with Crippen LogP contribution in [0, 0.1) is 24.6 Å². The lowest BCUT2D eigenvalue weighted by Gasteiger charge is -1.99. The molecule has 0 saturated carbocycles. The van der Waals surface area contributed by atoms with Gasteiger partial charge in [-0.25, -0.2) is 14.2 Å². The van der Waals surface area contributed by atoms with E-state index in [0.717, 1.165) is 0 Å². The van der Waals surface area contributed by atoms with Crippen molar-refractivity contribution in [3.63, 3.8) is 0 Å². The highest BCUT2D eigenvalue weighted by molar-refractivity contribution is 5.90. The van der Waals surface area contributed by atoms with Crippen molar-refractivity contribution in [3.05, 3.63) is 64.7 Å². The molecule has 0 spiro atoms. The fraction of sp³-hybridized carbons (Fsp3) is 0.0667. The minimum absolute atomic E-state index is 0.0366. The van der Waals surface area contributed by atoms with Crippen LogP contribution in [-0.4, -0.2) is 16.1 Å². The number of benzene rings is 1. The predicted molar refractivity (Wildman–Crippen MR) is 68.3 cm³/mol. The number of nitrogens with zero attached hydrogens (tertiary/aromatic N) is 1. The molecular formula is C15H10FNO2. The Bertz CT molecular complexity index is 699. The number of carboxylic acid groups (broad SMARTS) is 1. The Labute approximate surface area is 109 Å². The third kappa shape index (κ3) is 3.17. The van der Waals surface area contributed by atoms with E-state index in [1.54, 1.807) is 25.1 Å². The van der Waals surface area contributed by atoms with Crippen LogP contribution < -0.4 is 0 Å². The predicted octanol–water partition coefficient (Wildman–Crippen LogP) is 2.63. The molecule has 1 heterocycles. The van der Waals surface area contributed by atoms with Crippen LogP contribution in [0.1, 0.15) is 27.3 Å². The van der Waals surface area contributed by atoms with Crippen molar-refractivity contribution in [2.24, 2.45) is 0 Å². The average molecular weight is 255 g/mol. The van der Waals surface area contributed by atoms with Crippen molar-refractivity contribution in [1.29, 1.82) is 0 Å². The highest BCUT2D eigenvalue weighted by atomic mass is 19.1. The summed E-state index contributed by atoms with van der Waals surface area (Å²) < 4.78 is 13.0. The van der Waals surface area contributed by atoms with E-state index in [2.05, 4.69) is 16.8 Å². The second-order valence-electron chi connectivity index (χ2n) is 3.91.